The number of hydrogen-bond donors (Lipinski definition) is 2. The van der Waals surface area contributed by atoms with Crippen LogP contribution in [0.3, 0.4) is 0 Å². The fraction of sp³-hybridized carbons (Fsp3) is 0.750. The third-order valence-electron chi connectivity index (χ3n) is 4.46. The van der Waals surface area contributed by atoms with E-state index in [1.54, 1.807) is 14.2 Å². The fourth-order valence-electron chi connectivity index (χ4n) is 3.04. The number of ether oxygens (including phenoxy) is 2. The van der Waals surface area contributed by atoms with Gasteiger partial charge < -0.3 is 20.1 Å². The van der Waals surface area contributed by atoms with Gasteiger partial charge in [0.25, 0.3) is 0 Å². The highest BCUT2D eigenvalue weighted by Crippen LogP contribution is 2.30. The maximum absolute atomic E-state index is 5.44. The molecule has 0 aromatic heterocycles. The van der Waals surface area contributed by atoms with E-state index in [1.165, 1.54) is 24.1 Å². The number of allylic oxidation sites excluding steroid dienone is 2. The first-order chi connectivity index (χ1) is 12.1. The first-order valence-corrected chi connectivity index (χ1v) is 9.52. The number of nitrogens with zero attached hydrogens (tertiary/aromatic N) is 1. The Hall–Kier alpha value is -1.49. The number of likely N-dealkylation sites (N-methyl/N-ethyl adjacent to an activating group) is 1. The molecule has 0 aromatic carbocycles. The van der Waals surface area contributed by atoms with Crippen LogP contribution in [-0.2, 0) is 9.47 Å². The first-order valence-electron chi connectivity index (χ1n) is 9.52. The van der Waals surface area contributed by atoms with Crippen LogP contribution < -0.4 is 10.6 Å². The van der Waals surface area contributed by atoms with Gasteiger partial charge in [-0.3, -0.25) is 4.99 Å². The Morgan fingerprint density at radius 3 is 2.48 bits per heavy atom. The van der Waals surface area contributed by atoms with Gasteiger partial charge in [0.15, 0.2) is 0 Å². The molecule has 1 atom stereocenters. The predicted octanol–water partition coefficient (Wildman–Crippen LogP) is 3.49. The maximum Gasteiger partial charge on any atom is 0.118 e. The van der Waals surface area contributed by atoms with Crippen LogP contribution in [-0.4, -0.2) is 46.8 Å². The van der Waals surface area contributed by atoms with Crippen molar-refractivity contribution in [1.82, 2.24) is 10.6 Å². The van der Waals surface area contributed by atoms with Gasteiger partial charge in [0.05, 0.1) is 19.5 Å². The molecule has 1 fully saturated rings. The van der Waals surface area contributed by atoms with Gasteiger partial charge in [-0.15, -0.1) is 0 Å². The lowest BCUT2D eigenvalue weighted by Gasteiger charge is -2.20. The molecule has 1 unspecified atom stereocenters. The second kappa shape index (κ2) is 12.0. The topological polar surface area (TPSA) is 54.9 Å². The Kier molecular flexibility index (Phi) is 10.3. The van der Waals surface area contributed by atoms with E-state index in [9.17, 15) is 0 Å². The number of hydrogen-bond acceptors (Lipinski definition) is 4. The molecule has 0 aromatic rings. The first kappa shape index (κ1) is 21.6. The summed E-state index contributed by atoms with van der Waals surface area (Å²) in [6.45, 7) is 8.70. The van der Waals surface area contributed by atoms with E-state index in [0.717, 1.165) is 31.0 Å². The van der Waals surface area contributed by atoms with E-state index >= 15 is 0 Å². The summed E-state index contributed by atoms with van der Waals surface area (Å²) in [7, 11) is 5.36. The van der Waals surface area contributed by atoms with Crippen LogP contribution in [0.4, 0.5) is 0 Å². The molecule has 5 heteroatoms. The maximum atomic E-state index is 5.44. The lowest BCUT2D eigenvalue weighted by Crippen LogP contribution is -2.24. The molecule has 1 aliphatic rings. The summed E-state index contributed by atoms with van der Waals surface area (Å²) in [4.78, 5) is 4.85. The van der Waals surface area contributed by atoms with Gasteiger partial charge >= 0.3 is 0 Å². The van der Waals surface area contributed by atoms with Crippen LogP contribution in [0.25, 0.3) is 0 Å². The average Bonchev–Trinajstić information content (AvgIpc) is 3.44. The minimum atomic E-state index is 0.285. The molecular formula is C20H37N3O2. The van der Waals surface area contributed by atoms with E-state index in [4.69, 9.17) is 14.5 Å². The number of nitrogens with one attached hydrogen (secondary N) is 2. The van der Waals surface area contributed by atoms with Crippen molar-refractivity contribution >= 4 is 5.84 Å². The van der Waals surface area contributed by atoms with Gasteiger partial charge in [0.2, 0.25) is 0 Å². The van der Waals surface area contributed by atoms with Crippen molar-refractivity contribution in [1.29, 1.82) is 0 Å². The van der Waals surface area contributed by atoms with Gasteiger partial charge in [-0.25, -0.2) is 0 Å². The summed E-state index contributed by atoms with van der Waals surface area (Å²) < 4.78 is 10.7. The van der Waals surface area contributed by atoms with Crippen molar-refractivity contribution in [2.75, 3.05) is 41.0 Å². The van der Waals surface area contributed by atoms with Crippen LogP contribution in [0.5, 0.6) is 0 Å². The van der Waals surface area contributed by atoms with Crippen molar-refractivity contribution in [3.8, 4) is 0 Å². The molecule has 0 spiro atoms. The summed E-state index contributed by atoms with van der Waals surface area (Å²) in [6, 6.07) is 0. The molecule has 0 bridgehead atoms. The van der Waals surface area contributed by atoms with Crippen molar-refractivity contribution in [2.45, 2.75) is 46.5 Å². The van der Waals surface area contributed by atoms with Crippen molar-refractivity contribution in [3.05, 3.63) is 23.1 Å². The molecule has 25 heavy (non-hydrogen) atoms. The Balaban J connectivity index is 3.05. The van der Waals surface area contributed by atoms with E-state index in [1.807, 2.05) is 7.05 Å². The Morgan fingerprint density at radius 2 is 2.00 bits per heavy atom. The van der Waals surface area contributed by atoms with E-state index in [-0.39, 0.29) is 5.92 Å². The lowest BCUT2D eigenvalue weighted by atomic mass is 9.93. The lowest BCUT2D eigenvalue weighted by molar-refractivity contribution is 0.158. The molecule has 0 heterocycles. The second-order valence-electron chi connectivity index (χ2n) is 6.57. The Labute approximate surface area is 154 Å². The highest BCUT2D eigenvalue weighted by Gasteiger charge is 2.26. The molecule has 1 aliphatic carbocycles. The molecule has 2 N–H and O–H groups in total. The molecule has 1 saturated carbocycles. The predicted molar refractivity (Wildman–Crippen MR) is 106 cm³/mol. The highest BCUT2D eigenvalue weighted by molar-refractivity contribution is 5.86. The average molecular weight is 352 g/mol. The zero-order valence-corrected chi connectivity index (χ0v) is 16.9. The zero-order chi connectivity index (χ0) is 18.7. The molecule has 0 saturated heterocycles. The van der Waals surface area contributed by atoms with Gasteiger partial charge in [-0.1, -0.05) is 20.3 Å². The molecular weight excluding hydrogens is 314 g/mol. The van der Waals surface area contributed by atoms with E-state index in [2.05, 4.69) is 37.5 Å². The summed E-state index contributed by atoms with van der Waals surface area (Å²) >= 11 is 0. The van der Waals surface area contributed by atoms with Crippen molar-refractivity contribution < 1.29 is 9.47 Å². The monoisotopic (exact) mass is 351 g/mol. The molecule has 0 aliphatic heterocycles. The van der Waals surface area contributed by atoms with E-state index in [0.29, 0.717) is 19.1 Å². The smallest absolute Gasteiger partial charge is 0.118 e. The number of rotatable bonds is 12. The molecule has 0 radical (unpaired) electrons. The quantitative estimate of drug-likeness (QED) is 0.321. The van der Waals surface area contributed by atoms with Gasteiger partial charge in [0, 0.05) is 38.2 Å². The van der Waals surface area contributed by atoms with E-state index < -0.39 is 0 Å². The summed E-state index contributed by atoms with van der Waals surface area (Å²) in [5.74, 6) is 2.94. The summed E-state index contributed by atoms with van der Waals surface area (Å²) in [5, 5.41) is 6.82. The van der Waals surface area contributed by atoms with Gasteiger partial charge in [-0.2, -0.15) is 0 Å². The number of amidine groups is 1. The standard InChI is InChI=1S/C20H37N3O2/c1-7-9-18(15(3)12-17(25-6)14-24-5)19(22-8-2)13-23-20(21-4)16-10-11-16/h12,15-16,22H,7-11,13-14H2,1-6H3,(H,21,23)/b17-12+,19-18+. The fourth-order valence-corrected chi connectivity index (χ4v) is 3.04. The minimum absolute atomic E-state index is 0.285. The normalized spacial score (nSPS) is 17.8. The molecule has 0 amide bonds. The van der Waals surface area contributed by atoms with Gasteiger partial charge in [0.1, 0.15) is 12.4 Å². The van der Waals surface area contributed by atoms with Crippen LogP contribution in [0.2, 0.25) is 0 Å². The zero-order valence-electron chi connectivity index (χ0n) is 16.9. The second-order valence-corrected chi connectivity index (χ2v) is 6.57. The van der Waals surface area contributed by atoms with Crippen LogP contribution in [0.15, 0.2) is 28.1 Å². The number of methoxy groups -OCH3 is 2. The van der Waals surface area contributed by atoms with Crippen LogP contribution in [0, 0.1) is 11.8 Å². The van der Waals surface area contributed by atoms with Gasteiger partial charge in [-0.05, 0) is 37.8 Å². The Bertz CT molecular complexity index is 479. The van der Waals surface area contributed by atoms with Crippen LogP contribution in [0.1, 0.15) is 46.5 Å². The molecule has 1 rings (SSSR count). The Morgan fingerprint density at radius 1 is 1.28 bits per heavy atom. The third-order valence-corrected chi connectivity index (χ3v) is 4.46. The number of aliphatic imine (C=N–C) groups is 1. The third kappa shape index (κ3) is 7.51. The van der Waals surface area contributed by atoms with Crippen LogP contribution >= 0.6 is 0 Å². The van der Waals surface area contributed by atoms with Crippen molar-refractivity contribution in [3.63, 3.8) is 0 Å². The SMILES string of the molecule is CCC/C(=C(/C/N=C(\NC)C1CC1)NCC)C(C)/C=C(\COC)OC. The minimum Gasteiger partial charge on any atom is -0.499 e. The summed E-state index contributed by atoms with van der Waals surface area (Å²) in [6.07, 6.45) is 6.84. The summed E-state index contributed by atoms with van der Waals surface area (Å²) in [5.41, 5.74) is 2.65. The van der Waals surface area contributed by atoms with Crippen molar-refractivity contribution in [2.24, 2.45) is 16.8 Å². The largest absolute Gasteiger partial charge is 0.499 e. The molecule has 144 valence electrons. The highest BCUT2D eigenvalue weighted by atomic mass is 16.5. The molecule has 5 nitrogen and oxygen atoms in total.